The number of nitrogens with one attached hydrogen (secondary N) is 1. The van der Waals surface area contributed by atoms with Crippen LogP contribution in [0.5, 0.6) is 5.75 Å². The molecule has 3 aromatic carbocycles. The predicted molar refractivity (Wildman–Crippen MR) is 166 cm³/mol. The number of nitro groups is 1. The SMILES string of the molecule is COc1cc([N+](=O)[O-])ccc1NC(=O)COC(=O)c1c2c(nc3ccccc13)C(=Cc1ccc(C(C)(C)C)cc1)CCC2. The molecule has 1 N–H and O–H groups in total. The van der Waals surface area contributed by atoms with Crippen LogP contribution in [0.4, 0.5) is 11.4 Å². The van der Waals surface area contributed by atoms with E-state index in [1.807, 2.05) is 24.3 Å². The number of allylic oxidation sites excluding steroid dienone is 1. The number of carbonyl (C=O) groups is 2. The average molecular weight is 580 g/mol. The van der Waals surface area contributed by atoms with E-state index in [4.69, 9.17) is 14.5 Å². The Kier molecular flexibility index (Phi) is 8.25. The largest absolute Gasteiger partial charge is 0.494 e. The molecule has 1 aliphatic rings. The smallest absolute Gasteiger partial charge is 0.339 e. The van der Waals surface area contributed by atoms with Gasteiger partial charge in [0.15, 0.2) is 6.61 Å². The molecule has 5 rings (SSSR count). The topological polar surface area (TPSA) is 121 Å². The molecular formula is C34H33N3O6. The van der Waals surface area contributed by atoms with Crippen LogP contribution < -0.4 is 10.1 Å². The van der Waals surface area contributed by atoms with E-state index >= 15 is 0 Å². The summed E-state index contributed by atoms with van der Waals surface area (Å²) >= 11 is 0. The number of non-ortho nitro benzene ring substituents is 1. The molecular weight excluding hydrogens is 546 g/mol. The Balaban J connectivity index is 1.42. The summed E-state index contributed by atoms with van der Waals surface area (Å²) in [6.45, 7) is 6.00. The molecule has 0 fully saturated rings. The van der Waals surface area contributed by atoms with Gasteiger partial charge in [0, 0.05) is 11.5 Å². The number of carbonyl (C=O) groups excluding carboxylic acids is 2. The van der Waals surface area contributed by atoms with Gasteiger partial charge in [-0.2, -0.15) is 0 Å². The van der Waals surface area contributed by atoms with E-state index in [1.165, 1.54) is 30.9 Å². The zero-order chi connectivity index (χ0) is 30.7. The second-order valence-corrected chi connectivity index (χ2v) is 11.5. The molecule has 0 saturated carbocycles. The molecule has 43 heavy (non-hydrogen) atoms. The Morgan fingerprint density at radius 2 is 1.79 bits per heavy atom. The third-order valence-corrected chi connectivity index (χ3v) is 7.50. The molecule has 1 heterocycles. The zero-order valence-corrected chi connectivity index (χ0v) is 24.6. The first-order valence-electron chi connectivity index (χ1n) is 14.1. The van der Waals surface area contributed by atoms with E-state index < -0.39 is 23.4 Å². The van der Waals surface area contributed by atoms with Crippen LogP contribution in [0.3, 0.4) is 0 Å². The average Bonchev–Trinajstić information content (AvgIpc) is 2.99. The van der Waals surface area contributed by atoms with Gasteiger partial charge in [-0.05, 0) is 65.1 Å². The van der Waals surface area contributed by atoms with Gasteiger partial charge in [0.2, 0.25) is 0 Å². The first-order chi connectivity index (χ1) is 20.5. The second kappa shape index (κ2) is 12.1. The van der Waals surface area contributed by atoms with Gasteiger partial charge in [0.1, 0.15) is 5.75 Å². The summed E-state index contributed by atoms with van der Waals surface area (Å²) in [4.78, 5) is 41.8. The zero-order valence-electron chi connectivity index (χ0n) is 24.6. The highest BCUT2D eigenvalue weighted by molar-refractivity contribution is 6.07. The van der Waals surface area contributed by atoms with Crippen LogP contribution in [0.25, 0.3) is 22.6 Å². The van der Waals surface area contributed by atoms with Crippen molar-refractivity contribution in [3.8, 4) is 5.75 Å². The van der Waals surface area contributed by atoms with Crippen LogP contribution >= 0.6 is 0 Å². The van der Waals surface area contributed by atoms with Crippen LogP contribution in [0.1, 0.15) is 66.4 Å². The van der Waals surface area contributed by atoms with Gasteiger partial charge in [0.05, 0.1) is 40.6 Å². The van der Waals surface area contributed by atoms with E-state index in [0.717, 1.165) is 35.2 Å². The number of para-hydroxylation sites is 1. The van der Waals surface area contributed by atoms with Crippen molar-refractivity contribution in [1.82, 2.24) is 4.98 Å². The third-order valence-electron chi connectivity index (χ3n) is 7.50. The molecule has 1 amide bonds. The van der Waals surface area contributed by atoms with E-state index in [0.29, 0.717) is 22.9 Å². The number of benzene rings is 3. The summed E-state index contributed by atoms with van der Waals surface area (Å²) in [5.41, 5.74) is 6.15. The summed E-state index contributed by atoms with van der Waals surface area (Å²) < 4.78 is 10.7. The fourth-order valence-corrected chi connectivity index (χ4v) is 5.27. The Morgan fingerprint density at radius 3 is 2.49 bits per heavy atom. The summed E-state index contributed by atoms with van der Waals surface area (Å²) in [6, 6.07) is 19.8. The Bertz CT molecular complexity index is 1750. The van der Waals surface area contributed by atoms with Crippen LogP contribution in [0.2, 0.25) is 0 Å². The molecule has 220 valence electrons. The molecule has 0 aliphatic heterocycles. The van der Waals surface area contributed by atoms with Crippen LogP contribution in [-0.4, -0.2) is 35.5 Å². The lowest BCUT2D eigenvalue weighted by Gasteiger charge is -2.23. The number of pyridine rings is 1. The van der Waals surface area contributed by atoms with Gasteiger partial charge < -0.3 is 14.8 Å². The lowest BCUT2D eigenvalue weighted by atomic mass is 9.85. The second-order valence-electron chi connectivity index (χ2n) is 11.5. The Morgan fingerprint density at radius 1 is 1.05 bits per heavy atom. The fourth-order valence-electron chi connectivity index (χ4n) is 5.27. The van der Waals surface area contributed by atoms with Crippen molar-refractivity contribution in [1.29, 1.82) is 0 Å². The maximum absolute atomic E-state index is 13.6. The number of fused-ring (bicyclic) bond motifs is 2. The lowest BCUT2D eigenvalue weighted by molar-refractivity contribution is -0.384. The highest BCUT2D eigenvalue weighted by atomic mass is 16.6. The lowest BCUT2D eigenvalue weighted by Crippen LogP contribution is -2.23. The van der Waals surface area contributed by atoms with Crippen molar-refractivity contribution < 1.29 is 24.0 Å². The molecule has 0 spiro atoms. The maximum atomic E-state index is 13.6. The highest BCUT2D eigenvalue weighted by Crippen LogP contribution is 2.37. The van der Waals surface area contributed by atoms with E-state index in [9.17, 15) is 19.7 Å². The van der Waals surface area contributed by atoms with Gasteiger partial charge in [-0.15, -0.1) is 0 Å². The minimum atomic E-state index is -0.614. The number of rotatable bonds is 7. The van der Waals surface area contributed by atoms with Crippen LogP contribution in [0.15, 0.2) is 66.7 Å². The number of methoxy groups -OCH3 is 1. The number of aromatic nitrogens is 1. The molecule has 9 nitrogen and oxygen atoms in total. The number of hydrogen-bond acceptors (Lipinski definition) is 7. The van der Waals surface area contributed by atoms with E-state index in [-0.39, 0.29) is 22.5 Å². The van der Waals surface area contributed by atoms with Crippen LogP contribution in [0, 0.1) is 10.1 Å². The monoisotopic (exact) mass is 579 g/mol. The molecule has 4 aromatic rings. The number of nitrogens with zero attached hydrogens (tertiary/aromatic N) is 2. The normalized spacial score (nSPS) is 13.8. The first kappa shape index (κ1) is 29.4. The molecule has 0 unspecified atom stereocenters. The molecule has 0 atom stereocenters. The third kappa shape index (κ3) is 6.40. The number of esters is 1. The number of amides is 1. The van der Waals surface area contributed by atoms with Crippen LogP contribution in [-0.2, 0) is 21.4 Å². The predicted octanol–water partition coefficient (Wildman–Crippen LogP) is 7.12. The molecule has 0 radical (unpaired) electrons. The summed E-state index contributed by atoms with van der Waals surface area (Å²) in [7, 11) is 1.34. The van der Waals surface area contributed by atoms with Gasteiger partial charge in [0.25, 0.3) is 11.6 Å². The van der Waals surface area contributed by atoms with Crippen molar-refractivity contribution >= 4 is 45.8 Å². The molecule has 1 aromatic heterocycles. The maximum Gasteiger partial charge on any atom is 0.339 e. The summed E-state index contributed by atoms with van der Waals surface area (Å²) in [5, 5.41) is 14.3. The highest BCUT2D eigenvalue weighted by Gasteiger charge is 2.27. The van der Waals surface area contributed by atoms with Gasteiger partial charge in [-0.1, -0.05) is 63.2 Å². The molecule has 9 heteroatoms. The van der Waals surface area contributed by atoms with Gasteiger partial charge in [-0.3, -0.25) is 14.9 Å². The number of hydrogen-bond donors (Lipinski definition) is 1. The van der Waals surface area contributed by atoms with Crippen molar-refractivity contribution in [3.05, 3.63) is 105 Å². The van der Waals surface area contributed by atoms with E-state index in [1.54, 1.807) is 0 Å². The minimum Gasteiger partial charge on any atom is -0.494 e. The summed E-state index contributed by atoms with van der Waals surface area (Å²) in [5.74, 6) is -1.10. The quantitative estimate of drug-likeness (QED) is 0.141. The Hall–Kier alpha value is -5.05. The van der Waals surface area contributed by atoms with E-state index in [2.05, 4.69) is 56.4 Å². The number of nitro benzene ring substituents is 1. The molecule has 1 aliphatic carbocycles. The van der Waals surface area contributed by atoms with Gasteiger partial charge >= 0.3 is 5.97 Å². The molecule has 0 saturated heterocycles. The number of anilines is 1. The van der Waals surface area contributed by atoms with Crippen molar-refractivity contribution in [2.75, 3.05) is 19.0 Å². The molecule has 0 bridgehead atoms. The minimum absolute atomic E-state index is 0.0592. The van der Waals surface area contributed by atoms with Gasteiger partial charge in [-0.25, -0.2) is 9.78 Å². The fraction of sp³-hybridized carbons (Fsp3) is 0.265. The standard InChI is InChI=1S/C34H33N3O6/c1-34(2,3)23-14-12-21(13-15-23)18-22-8-7-10-26-31(25-9-5-6-11-27(25)36-32(22)26)33(39)43-20-30(38)35-28-17-16-24(37(40)41)19-29(28)42-4/h5-6,9,11-19H,7-8,10,20H2,1-4H3,(H,35,38). The van der Waals surface area contributed by atoms with Crippen molar-refractivity contribution in [2.24, 2.45) is 0 Å². The first-order valence-corrected chi connectivity index (χ1v) is 14.1. The Labute approximate surface area is 249 Å². The summed E-state index contributed by atoms with van der Waals surface area (Å²) in [6.07, 6.45) is 4.46. The number of ether oxygens (including phenoxy) is 2. The van der Waals surface area contributed by atoms with Crippen molar-refractivity contribution in [2.45, 2.75) is 45.4 Å². The van der Waals surface area contributed by atoms with Crippen molar-refractivity contribution in [3.63, 3.8) is 0 Å².